The molecule has 0 aliphatic heterocycles. The maximum absolute atomic E-state index is 5.43. The van der Waals surface area contributed by atoms with Crippen molar-refractivity contribution in [2.75, 3.05) is 32.2 Å². The highest BCUT2D eigenvalue weighted by Gasteiger charge is 2.41. The van der Waals surface area contributed by atoms with Crippen molar-refractivity contribution in [3.8, 4) is 5.88 Å². The molecule has 0 saturated heterocycles. The van der Waals surface area contributed by atoms with Gasteiger partial charge in [0, 0.05) is 26.3 Å². The lowest BCUT2D eigenvalue weighted by molar-refractivity contribution is 0.175. The Morgan fingerprint density at radius 3 is 2.79 bits per heavy atom. The Morgan fingerprint density at radius 2 is 2.16 bits per heavy atom. The second-order valence-electron chi connectivity index (χ2n) is 5.17. The predicted octanol–water partition coefficient (Wildman–Crippen LogP) is 2.41. The van der Waals surface area contributed by atoms with Gasteiger partial charge in [0.2, 0.25) is 5.88 Å². The Bertz CT molecular complexity index is 419. The lowest BCUT2D eigenvalue weighted by Gasteiger charge is -2.16. The summed E-state index contributed by atoms with van der Waals surface area (Å²) in [5.74, 6) is 2.22. The third kappa shape index (κ3) is 4.06. The van der Waals surface area contributed by atoms with Crippen LogP contribution in [0.2, 0.25) is 0 Å². The molecule has 0 atom stereocenters. The second kappa shape index (κ2) is 6.19. The topological polar surface area (TPSA) is 56.3 Å². The third-order valence-corrected chi connectivity index (χ3v) is 3.54. The van der Waals surface area contributed by atoms with E-state index >= 15 is 0 Å². The molecule has 1 N–H and O–H groups in total. The van der Waals surface area contributed by atoms with Crippen LogP contribution in [0, 0.1) is 12.3 Å². The zero-order chi connectivity index (χ0) is 13.7. The summed E-state index contributed by atoms with van der Waals surface area (Å²) in [5, 5.41) is 3.41. The van der Waals surface area contributed by atoms with E-state index in [1.54, 1.807) is 7.11 Å². The molecule has 1 aliphatic carbocycles. The Balaban J connectivity index is 1.92. The molecule has 5 heteroatoms. The summed E-state index contributed by atoms with van der Waals surface area (Å²) in [6, 6.07) is 1.86. The van der Waals surface area contributed by atoms with Crippen LogP contribution < -0.4 is 10.1 Å². The SMILES string of the molecule is CCOc1cc(NCC2(CCOC)CC2)nc(C)n1. The molecule has 1 heterocycles. The van der Waals surface area contributed by atoms with Crippen LogP contribution >= 0.6 is 0 Å². The lowest BCUT2D eigenvalue weighted by Crippen LogP contribution is -2.18. The molecule has 1 fully saturated rings. The molecule has 0 amide bonds. The van der Waals surface area contributed by atoms with Crippen LogP contribution in [0.25, 0.3) is 0 Å². The summed E-state index contributed by atoms with van der Waals surface area (Å²) in [5.41, 5.74) is 0.403. The molecule has 2 rings (SSSR count). The van der Waals surface area contributed by atoms with Gasteiger partial charge in [-0.1, -0.05) is 0 Å². The van der Waals surface area contributed by atoms with E-state index in [-0.39, 0.29) is 0 Å². The Morgan fingerprint density at radius 1 is 1.37 bits per heavy atom. The van der Waals surface area contributed by atoms with Gasteiger partial charge < -0.3 is 14.8 Å². The van der Waals surface area contributed by atoms with Gasteiger partial charge in [-0.15, -0.1) is 0 Å². The van der Waals surface area contributed by atoms with Crippen LogP contribution in [0.4, 0.5) is 5.82 Å². The maximum atomic E-state index is 5.43. The zero-order valence-corrected chi connectivity index (χ0v) is 12.0. The van der Waals surface area contributed by atoms with Crippen molar-refractivity contribution < 1.29 is 9.47 Å². The van der Waals surface area contributed by atoms with E-state index in [9.17, 15) is 0 Å². The molecule has 0 bridgehead atoms. The highest BCUT2D eigenvalue weighted by molar-refractivity contribution is 5.39. The first-order valence-corrected chi connectivity index (χ1v) is 6.89. The minimum Gasteiger partial charge on any atom is -0.478 e. The number of aromatic nitrogens is 2. The minimum absolute atomic E-state index is 0.403. The van der Waals surface area contributed by atoms with E-state index in [0.29, 0.717) is 17.9 Å². The van der Waals surface area contributed by atoms with E-state index < -0.39 is 0 Å². The Hall–Kier alpha value is -1.36. The van der Waals surface area contributed by atoms with Crippen molar-refractivity contribution in [3.05, 3.63) is 11.9 Å². The zero-order valence-electron chi connectivity index (χ0n) is 12.0. The normalized spacial score (nSPS) is 16.2. The number of rotatable bonds is 8. The van der Waals surface area contributed by atoms with Crippen molar-refractivity contribution in [1.29, 1.82) is 0 Å². The first kappa shape index (κ1) is 14.1. The number of methoxy groups -OCH3 is 1. The van der Waals surface area contributed by atoms with Gasteiger partial charge in [0.15, 0.2) is 0 Å². The first-order valence-electron chi connectivity index (χ1n) is 6.89. The molecule has 0 unspecified atom stereocenters. The molecule has 0 radical (unpaired) electrons. The summed E-state index contributed by atoms with van der Waals surface area (Å²) in [4.78, 5) is 8.63. The van der Waals surface area contributed by atoms with Gasteiger partial charge in [-0.05, 0) is 38.5 Å². The van der Waals surface area contributed by atoms with Crippen LogP contribution in [-0.4, -0.2) is 36.8 Å². The molecule has 1 aromatic heterocycles. The van der Waals surface area contributed by atoms with Gasteiger partial charge in [-0.25, -0.2) is 4.98 Å². The largest absolute Gasteiger partial charge is 0.478 e. The van der Waals surface area contributed by atoms with Crippen LogP contribution in [0.5, 0.6) is 5.88 Å². The molecule has 1 saturated carbocycles. The molecule has 0 spiro atoms. The number of hydrogen-bond acceptors (Lipinski definition) is 5. The summed E-state index contributed by atoms with van der Waals surface area (Å²) in [6.45, 7) is 6.22. The Kier molecular flexibility index (Phi) is 4.58. The van der Waals surface area contributed by atoms with Gasteiger partial charge in [0.05, 0.1) is 6.61 Å². The van der Waals surface area contributed by atoms with Gasteiger partial charge in [-0.2, -0.15) is 4.98 Å². The molecule has 0 aromatic carbocycles. The van der Waals surface area contributed by atoms with Crippen molar-refractivity contribution in [1.82, 2.24) is 9.97 Å². The van der Waals surface area contributed by atoms with Crippen LogP contribution in [0.15, 0.2) is 6.07 Å². The monoisotopic (exact) mass is 265 g/mol. The summed E-state index contributed by atoms with van der Waals surface area (Å²) < 4.78 is 10.6. The summed E-state index contributed by atoms with van der Waals surface area (Å²) in [6.07, 6.45) is 3.65. The predicted molar refractivity (Wildman–Crippen MR) is 74.6 cm³/mol. The first-order chi connectivity index (χ1) is 9.17. The van der Waals surface area contributed by atoms with Gasteiger partial charge in [0.1, 0.15) is 11.6 Å². The van der Waals surface area contributed by atoms with Crippen LogP contribution in [0.3, 0.4) is 0 Å². The van der Waals surface area contributed by atoms with Gasteiger partial charge in [0.25, 0.3) is 0 Å². The Labute approximate surface area is 114 Å². The van der Waals surface area contributed by atoms with Crippen molar-refractivity contribution in [2.45, 2.75) is 33.1 Å². The smallest absolute Gasteiger partial charge is 0.218 e. The van der Waals surface area contributed by atoms with E-state index in [0.717, 1.165) is 31.2 Å². The lowest BCUT2D eigenvalue weighted by atomic mass is 10.0. The molecular weight excluding hydrogens is 242 g/mol. The molecule has 106 valence electrons. The van der Waals surface area contributed by atoms with Crippen LogP contribution in [0.1, 0.15) is 32.0 Å². The molecular formula is C14H23N3O2. The quantitative estimate of drug-likeness (QED) is 0.782. The third-order valence-electron chi connectivity index (χ3n) is 3.54. The van der Waals surface area contributed by atoms with E-state index in [1.807, 2.05) is 19.9 Å². The van der Waals surface area contributed by atoms with Crippen molar-refractivity contribution in [3.63, 3.8) is 0 Å². The number of nitrogens with zero attached hydrogens (tertiary/aromatic N) is 2. The molecule has 19 heavy (non-hydrogen) atoms. The fraction of sp³-hybridized carbons (Fsp3) is 0.714. The molecule has 1 aliphatic rings. The number of aryl methyl sites for hydroxylation is 1. The maximum Gasteiger partial charge on any atom is 0.218 e. The molecule has 5 nitrogen and oxygen atoms in total. The van der Waals surface area contributed by atoms with E-state index in [1.165, 1.54) is 12.8 Å². The number of nitrogens with one attached hydrogen (secondary N) is 1. The minimum atomic E-state index is 0.403. The highest BCUT2D eigenvalue weighted by Crippen LogP contribution is 2.48. The van der Waals surface area contributed by atoms with Gasteiger partial charge in [-0.3, -0.25) is 0 Å². The van der Waals surface area contributed by atoms with E-state index in [2.05, 4.69) is 15.3 Å². The number of hydrogen-bond donors (Lipinski definition) is 1. The van der Waals surface area contributed by atoms with Gasteiger partial charge >= 0.3 is 0 Å². The average molecular weight is 265 g/mol. The molecule has 1 aromatic rings. The van der Waals surface area contributed by atoms with Crippen molar-refractivity contribution in [2.24, 2.45) is 5.41 Å². The number of ether oxygens (including phenoxy) is 2. The van der Waals surface area contributed by atoms with Crippen molar-refractivity contribution >= 4 is 5.82 Å². The van der Waals surface area contributed by atoms with E-state index in [4.69, 9.17) is 9.47 Å². The average Bonchev–Trinajstić information content (AvgIpc) is 3.15. The fourth-order valence-corrected chi connectivity index (χ4v) is 2.14. The van der Waals surface area contributed by atoms with Crippen LogP contribution in [-0.2, 0) is 4.74 Å². The summed E-state index contributed by atoms with van der Waals surface area (Å²) >= 11 is 0. The number of anilines is 1. The standard InChI is InChI=1S/C14H23N3O2/c1-4-19-13-9-12(16-11(2)17-13)15-10-14(5-6-14)7-8-18-3/h9H,4-8,10H2,1-3H3,(H,15,16,17). The fourth-order valence-electron chi connectivity index (χ4n) is 2.14. The second-order valence-corrected chi connectivity index (χ2v) is 5.17. The highest BCUT2D eigenvalue weighted by atomic mass is 16.5. The summed E-state index contributed by atoms with van der Waals surface area (Å²) in [7, 11) is 1.76.